The van der Waals surface area contributed by atoms with E-state index in [1.807, 2.05) is 31.2 Å². The van der Waals surface area contributed by atoms with Crippen LogP contribution in [0.3, 0.4) is 0 Å². The van der Waals surface area contributed by atoms with Crippen molar-refractivity contribution >= 4 is 27.8 Å². The lowest BCUT2D eigenvalue weighted by atomic mass is 10.1. The lowest BCUT2D eigenvalue weighted by Gasteiger charge is -2.14. The molecule has 0 radical (unpaired) electrons. The van der Waals surface area contributed by atoms with Gasteiger partial charge in [-0.15, -0.1) is 0 Å². The minimum absolute atomic E-state index is 0.0889. The molecule has 1 heterocycles. The summed E-state index contributed by atoms with van der Waals surface area (Å²) in [7, 11) is 0. The second-order valence-corrected chi connectivity index (χ2v) is 5.37. The van der Waals surface area contributed by atoms with Crippen LogP contribution >= 0.6 is 15.9 Å². The van der Waals surface area contributed by atoms with Crippen LogP contribution < -0.4 is 5.32 Å². The summed E-state index contributed by atoms with van der Waals surface area (Å²) in [4.78, 5) is 27.1. The van der Waals surface area contributed by atoms with Crippen LogP contribution in [0.15, 0.2) is 47.1 Å². The zero-order valence-electron chi connectivity index (χ0n) is 11.2. The molecule has 2 N–H and O–H groups in total. The first-order valence-corrected chi connectivity index (χ1v) is 7.03. The summed E-state index contributed by atoms with van der Waals surface area (Å²) in [6, 6.07) is 10.1. The Bertz CT molecular complexity index is 671. The number of carboxylic acids is 1. The van der Waals surface area contributed by atoms with Crippen molar-refractivity contribution in [3.05, 3.63) is 63.9 Å². The number of aromatic nitrogens is 1. The molecule has 0 spiro atoms. The monoisotopic (exact) mass is 348 g/mol. The molecule has 1 amide bonds. The van der Waals surface area contributed by atoms with E-state index in [4.69, 9.17) is 5.11 Å². The van der Waals surface area contributed by atoms with Crippen LogP contribution in [-0.2, 0) is 0 Å². The fraction of sp³-hybridized carbons (Fsp3) is 0.133. The molecule has 0 fully saturated rings. The number of halogens is 1. The summed E-state index contributed by atoms with van der Waals surface area (Å²) in [6.07, 6.45) is 1.39. The van der Waals surface area contributed by atoms with Crippen molar-refractivity contribution < 1.29 is 14.7 Å². The molecule has 0 bridgehead atoms. The van der Waals surface area contributed by atoms with E-state index in [-0.39, 0.29) is 17.3 Å². The maximum absolute atomic E-state index is 12.2. The third-order valence-corrected chi connectivity index (χ3v) is 3.50. The predicted molar refractivity (Wildman–Crippen MR) is 81.2 cm³/mol. The van der Waals surface area contributed by atoms with Gasteiger partial charge in [0.15, 0.2) is 0 Å². The number of hydrogen-bond acceptors (Lipinski definition) is 3. The summed E-state index contributed by atoms with van der Waals surface area (Å²) in [5.41, 5.74) is 0.714. The summed E-state index contributed by atoms with van der Waals surface area (Å²) < 4.78 is 0.947. The molecule has 1 atom stereocenters. The number of hydrogen-bond donors (Lipinski definition) is 2. The van der Waals surface area contributed by atoms with E-state index < -0.39 is 11.9 Å². The van der Waals surface area contributed by atoms with Crippen molar-refractivity contribution in [1.29, 1.82) is 0 Å². The average molecular weight is 349 g/mol. The van der Waals surface area contributed by atoms with E-state index in [1.54, 1.807) is 0 Å². The number of amides is 1. The molecular formula is C15H13BrN2O3. The second kappa shape index (κ2) is 6.49. The van der Waals surface area contributed by atoms with Crippen LogP contribution in [0.4, 0.5) is 0 Å². The van der Waals surface area contributed by atoms with Crippen molar-refractivity contribution in [1.82, 2.24) is 10.3 Å². The average Bonchev–Trinajstić information content (AvgIpc) is 2.47. The van der Waals surface area contributed by atoms with E-state index in [1.165, 1.54) is 18.3 Å². The number of nitrogens with one attached hydrogen (secondary N) is 1. The largest absolute Gasteiger partial charge is 0.478 e. The molecule has 5 nitrogen and oxygen atoms in total. The molecule has 0 aliphatic heterocycles. The van der Waals surface area contributed by atoms with E-state index in [0.717, 1.165) is 10.0 Å². The summed E-state index contributed by atoms with van der Waals surface area (Å²) in [6.45, 7) is 1.82. The number of nitrogens with zero attached hydrogens (tertiary/aromatic N) is 1. The fourth-order valence-corrected chi connectivity index (χ4v) is 2.12. The lowest BCUT2D eigenvalue weighted by Crippen LogP contribution is -2.29. The van der Waals surface area contributed by atoms with Crippen LogP contribution in [0.5, 0.6) is 0 Å². The van der Waals surface area contributed by atoms with Crippen molar-refractivity contribution in [2.24, 2.45) is 0 Å². The van der Waals surface area contributed by atoms with Gasteiger partial charge in [-0.2, -0.15) is 0 Å². The molecule has 21 heavy (non-hydrogen) atoms. The number of carboxylic acid groups (broad SMARTS) is 1. The zero-order chi connectivity index (χ0) is 15.4. The Kier molecular flexibility index (Phi) is 4.70. The Morgan fingerprint density at radius 3 is 2.52 bits per heavy atom. The van der Waals surface area contributed by atoms with E-state index >= 15 is 0 Å². The van der Waals surface area contributed by atoms with Gasteiger partial charge in [0.25, 0.3) is 5.91 Å². The molecule has 0 unspecified atom stereocenters. The molecule has 1 aromatic heterocycles. The van der Waals surface area contributed by atoms with Gasteiger partial charge < -0.3 is 10.4 Å². The molecule has 1 aromatic carbocycles. The number of benzene rings is 1. The van der Waals surface area contributed by atoms with Gasteiger partial charge in [-0.3, -0.25) is 9.78 Å². The maximum atomic E-state index is 12.2. The SMILES string of the molecule is C[C@H](NC(=O)c1ncccc1C(=O)O)c1ccc(Br)cc1. The molecule has 2 aromatic rings. The normalized spacial score (nSPS) is 11.7. The summed E-state index contributed by atoms with van der Waals surface area (Å²) in [5, 5.41) is 11.8. The van der Waals surface area contributed by atoms with Gasteiger partial charge in [0, 0.05) is 10.7 Å². The molecule has 108 valence electrons. The van der Waals surface area contributed by atoms with Crippen molar-refractivity contribution in [2.45, 2.75) is 13.0 Å². The highest BCUT2D eigenvalue weighted by Crippen LogP contribution is 2.17. The van der Waals surface area contributed by atoms with Crippen molar-refractivity contribution in [3.8, 4) is 0 Å². The van der Waals surface area contributed by atoms with Crippen LogP contribution in [0.1, 0.15) is 39.4 Å². The first-order valence-electron chi connectivity index (χ1n) is 6.23. The maximum Gasteiger partial charge on any atom is 0.338 e. The molecule has 0 aliphatic rings. The van der Waals surface area contributed by atoms with Crippen LogP contribution in [0, 0.1) is 0 Å². The standard InChI is InChI=1S/C15H13BrN2O3/c1-9(10-4-6-11(16)7-5-10)18-14(19)13-12(15(20)21)3-2-8-17-13/h2-9H,1H3,(H,18,19)(H,20,21)/t9-/m0/s1. The number of carbonyl (C=O) groups excluding carboxylic acids is 1. The number of rotatable bonds is 4. The number of carbonyl (C=O) groups is 2. The van der Waals surface area contributed by atoms with Gasteiger partial charge >= 0.3 is 5.97 Å². The van der Waals surface area contributed by atoms with Gasteiger partial charge in [0.05, 0.1) is 11.6 Å². The summed E-state index contributed by atoms with van der Waals surface area (Å²) in [5.74, 6) is -1.69. The first kappa shape index (κ1) is 15.2. The van der Waals surface area contributed by atoms with E-state index in [0.29, 0.717) is 0 Å². The molecule has 0 saturated heterocycles. The lowest BCUT2D eigenvalue weighted by molar-refractivity contribution is 0.0689. The molecular weight excluding hydrogens is 336 g/mol. The minimum Gasteiger partial charge on any atom is -0.478 e. The quantitative estimate of drug-likeness (QED) is 0.889. The Morgan fingerprint density at radius 2 is 1.90 bits per heavy atom. The van der Waals surface area contributed by atoms with Crippen molar-refractivity contribution in [2.75, 3.05) is 0 Å². The second-order valence-electron chi connectivity index (χ2n) is 4.45. The molecule has 2 rings (SSSR count). The first-order chi connectivity index (χ1) is 9.99. The molecule has 0 saturated carbocycles. The third-order valence-electron chi connectivity index (χ3n) is 2.97. The Labute approximate surface area is 130 Å². The molecule has 6 heteroatoms. The number of pyridine rings is 1. The van der Waals surface area contributed by atoms with Gasteiger partial charge in [0.2, 0.25) is 0 Å². The van der Waals surface area contributed by atoms with Gasteiger partial charge in [0.1, 0.15) is 5.69 Å². The van der Waals surface area contributed by atoms with Crippen LogP contribution in [-0.4, -0.2) is 22.0 Å². The Hall–Kier alpha value is -2.21. The van der Waals surface area contributed by atoms with Gasteiger partial charge in [-0.25, -0.2) is 4.79 Å². The van der Waals surface area contributed by atoms with E-state index in [9.17, 15) is 9.59 Å². The number of aromatic carboxylic acids is 1. The Balaban J connectivity index is 2.18. The highest BCUT2D eigenvalue weighted by atomic mass is 79.9. The highest BCUT2D eigenvalue weighted by Gasteiger charge is 2.19. The van der Waals surface area contributed by atoms with E-state index in [2.05, 4.69) is 26.2 Å². The third kappa shape index (κ3) is 3.66. The summed E-state index contributed by atoms with van der Waals surface area (Å²) >= 11 is 3.34. The van der Waals surface area contributed by atoms with Gasteiger partial charge in [-0.05, 0) is 36.8 Å². The molecule has 0 aliphatic carbocycles. The van der Waals surface area contributed by atoms with Crippen LogP contribution in [0.2, 0.25) is 0 Å². The highest BCUT2D eigenvalue weighted by molar-refractivity contribution is 9.10. The minimum atomic E-state index is -1.18. The topological polar surface area (TPSA) is 79.3 Å². The van der Waals surface area contributed by atoms with Crippen LogP contribution in [0.25, 0.3) is 0 Å². The van der Waals surface area contributed by atoms with Crippen molar-refractivity contribution in [3.63, 3.8) is 0 Å². The zero-order valence-corrected chi connectivity index (χ0v) is 12.8. The smallest absolute Gasteiger partial charge is 0.338 e. The Morgan fingerprint density at radius 1 is 1.24 bits per heavy atom. The van der Waals surface area contributed by atoms with Gasteiger partial charge in [-0.1, -0.05) is 28.1 Å². The fourth-order valence-electron chi connectivity index (χ4n) is 1.86. The predicted octanol–water partition coefficient (Wildman–Crippen LogP) is 3.03.